The zero-order chi connectivity index (χ0) is 6.85. The average molecular weight is 128 g/mol. The summed E-state index contributed by atoms with van der Waals surface area (Å²) in [4.78, 5) is 0. The standard InChI is InChI=1S/C7H14NO/c1-5-4-6(8)2-3-7(5)9/h5-9H,2-4H2,1H3/t5-,6-,7-/m1/s1. The van der Waals surface area contributed by atoms with Crippen molar-refractivity contribution in [3.63, 3.8) is 0 Å². The second kappa shape index (κ2) is 2.67. The highest BCUT2D eigenvalue weighted by atomic mass is 16.3. The molecule has 2 heteroatoms. The van der Waals surface area contributed by atoms with Gasteiger partial charge in [0, 0.05) is 6.04 Å². The Kier molecular flexibility index (Phi) is 2.09. The van der Waals surface area contributed by atoms with Crippen LogP contribution in [0.15, 0.2) is 0 Å². The van der Waals surface area contributed by atoms with Gasteiger partial charge in [-0.15, -0.1) is 0 Å². The number of hydrogen-bond acceptors (Lipinski definition) is 1. The Balaban J connectivity index is 2.35. The lowest BCUT2D eigenvalue weighted by Gasteiger charge is -2.27. The van der Waals surface area contributed by atoms with Crippen LogP contribution in [0.3, 0.4) is 0 Å². The van der Waals surface area contributed by atoms with Crippen molar-refractivity contribution in [1.29, 1.82) is 0 Å². The van der Waals surface area contributed by atoms with Crippen LogP contribution in [0.25, 0.3) is 0 Å². The Morgan fingerprint density at radius 3 is 2.56 bits per heavy atom. The van der Waals surface area contributed by atoms with Gasteiger partial charge in [0.1, 0.15) is 0 Å². The van der Waals surface area contributed by atoms with Crippen molar-refractivity contribution in [2.75, 3.05) is 0 Å². The fourth-order valence-electron chi connectivity index (χ4n) is 1.38. The Morgan fingerprint density at radius 1 is 1.44 bits per heavy atom. The topological polar surface area (TPSA) is 44.0 Å². The molecule has 0 heterocycles. The van der Waals surface area contributed by atoms with Gasteiger partial charge in [-0.3, -0.25) is 5.73 Å². The minimum atomic E-state index is -0.133. The summed E-state index contributed by atoms with van der Waals surface area (Å²) in [5.74, 6) is 0.348. The maximum absolute atomic E-state index is 9.21. The van der Waals surface area contributed by atoms with Crippen LogP contribution in [-0.2, 0) is 0 Å². The average Bonchev–Trinajstić information content (AvgIpc) is 1.80. The van der Waals surface area contributed by atoms with E-state index in [9.17, 15) is 5.11 Å². The van der Waals surface area contributed by atoms with Gasteiger partial charge in [0.2, 0.25) is 0 Å². The van der Waals surface area contributed by atoms with Gasteiger partial charge in [-0.2, -0.15) is 0 Å². The lowest BCUT2D eigenvalue weighted by molar-refractivity contribution is 0.0711. The fourth-order valence-corrected chi connectivity index (χ4v) is 1.38. The molecular formula is C7H14NO. The summed E-state index contributed by atoms with van der Waals surface area (Å²) in [5.41, 5.74) is 7.38. The predicted octanol–water partition coefficient (Wildman–Crippen LogP) is 0.819. The molecule has 0 bridgehead atoms. The van der Waals surface area contributed by atoms with Crippen LogP contribution < -0.4 is 5.73 Å². The highest BCUT2D eigenvalue weighted by molar-refractivity contribution is 4.78. The molecule has 0 aromatic carbocycles. The summed E-state index contributed by atoms with van der Waals surface area (Å²) in [6.45, 7) is 2.02. The molecule has 1 fully saturated rings. The van der Waals surface area contributed by atoms with Gasteiger partial charge in [0.05, 0.1) is 6.10 Å². The molecule has 2 nitrogen and oxygen atoms in total. The number of nitrogens with one attached hydrogen (secondary N) is 1. The van der Waals surface area contributed by atoms with E-state index >= 15 is 0 Å². The normalized spacial score (nSPS) is 45.0. The molecular weight excluding hydrogens is 114 g/mol. The van der Waals surface area contributed by atoms with Crippen LogP contribution in [0.5, 0.6) is 0 Å². The molecule has 0 unspecified atom stereocenters. The first-order valence-electron chi connectivity index (χ1n) is 3.59. The number of aliphatic hydroxyl groups excluding tert-OH is 1. The Bertz CT molecular complexity index is 94.9. The van der Waals surface area contributed by atoms with Crippen molar-refractivity contribution in [2.24, 2.45) is 5.92 Å². The number of aliphatic hydroxyl groups is 1. The second-order valence-corrected chi connectivity index (χ2v) is 3.05. The highest BCUT2D eigenvalue weighted by Gasteiger charge is 2.23. The minimum Gasteiger partial charge on any atom is -0.393 e. The molecule has 0 aromatic rings. The van der Waals surface area contributed by atoms with E-state index in [1.807, 2.05) is 6.92 Å². The quantitative estimate of drug-likeness (QED) is 0.515. The van der Waals surface area contributed by atoms with Crippen LogP contribution in [-0.4, -0.2) is 17.3 Å². The van der Waals surface area contributed by atoms with E-state index in [0.717, 1.165) is 19.3 Å². The molecule has 53 valence electrons. The molecule has 1 saturated carbocycles. The monoisotopic (exact) mass is 128 g/mol. The maximum Gasteiger partial charge on any atom is 0.0566 e. The lowest BCUT2D eigenvalue weighted by atomic mass is 9.85. The third-order valence-corrected chi connectivity index (χ3v) is 2.12. The van der Waals surface area contributed by atoms with Crippen molar-refractivity contribution >= 4 is 0 Å². The Hall–Kier alpha value is -0.0800. The van der Waals surface area contributed by atoms with E-state index in [4.69, 9.17) is 5.73 Å². The van der Waals surface area contributed by atoms with Gasteiger partial charge in [-0.05, 0) is 25.2 Å². The van der Waals surface area contributed by atoms with Gasteiger partial charge in [-0.25, -0.2) is 0 Å². The SMILES string of the molecule is C[C@@H]1C[C@H]([NH])CC[C@H]1O. The highest BCUT2D eigenvalue weighted by Crippen LogP contribution is 2.23. The zero-order valence-corrected chi connectivity index (χ0v) is 5.80. The molecule has 2 N–H and O–H groups in total. The van der Waals surface area contributed by atoms with Crippen molar-refractivity contribution in [3.8, 4) is 0 Å². The van der Waals surface area contributed by atoms with E-state index in [2.05, 4.69) is 0 Å². The smallest absolute Gasteiger partial charge is 0.0566 e. The van der Waals surface area contributed by atoms with Crippen LogP contribution in [0.1, 0.15) is 26.2 Å². The van der Waals surface area contributed by atoms with E-state index in [1.165, 1.54) is 0 Å². The molecule has 0 spiro atoms. The molecule has 1 aliphatic rings. The summed E-state index contributed by atoms with van der Waals surface area (Å²) in [5, 5.41) is 9.21. The summed E-state index contributed by atoms with van der Waals surface area (Å²) in [7, 11) is 0. The van der Waals surface area contributed by atoms with E-state index in [-0.39, 0.29) is 12.1 Å². The predicted molar refractivity (Wildman–Crippen MR) is 35.9 cm³/mol. The first kappa shape index (κ1) is 7.03. The van der Waals surface area contributed by atoms with Crippen molar-refractivity contribution < 1.29 is 5.11 Å². The first-order valence-corrected chi connectivity index (χ1v) is 3.59. The van der Waals surface area contributed by atoms with Gasteiger partial charge in [0.25, 0.3) is 0 Å². The molecule has 1 rings (SSSR count). The van der Waals surface area contributed by atoms with Crippen molar-refractivity contribution in [2.45, 2.75) is 38.3 Å². The molecule has 1 radical (unpaired) electrons. The van der Waals surface area contributed by atoms with Gasteiger partial charge < -0.3 is 5.11 Å². The Labute approximate surface area is 56.1 Å². The third-order valence-electron chi connectivity index (χ3n) is 2.12. The molecule has 1 aliphatic carbocycles. The molecule has 3 atom stereocenters. The number of hydrogen-bond donors (Lipinski definition) is 1. The van der Waals surface area contributed by atoms with Gasteiger partial charge in [0.15, 0.2) is 0 Å². The summed E-state index contributed by atoms with van der Waals surface area (Å²) >= 11 is 0. The minimum absolute atomic E-state index is 0.0865. The van der Waals surface area contributed by atoms with Crippen molar-refractivity contribution in [1.82, 2.24) is 5.73 Å². The first-order chi connectivity index (χ1) is 4.20. The molecule has 0 amide bonds. The van der Waals surface area contributed by atoms with E-state index in [1.54, 1.807) is 0 Å². The van der Waals surface area contributed by atoms with Crippen LogP contribution in [0.2, 0.25) is 0 Å². The van der Waals surface area contributed by atoms with E-state index < -0.39 is 0 Å². The molecule has 0 aliphatic heterocycles. The largest absolute Gasteiger partial charge is 0.393 e. The van der Waals surface area contributed by atoms with Gasteiger partial charge >= 0.3 is 0 Å². The zero-order valence-electron chi connectivity index (χ0n) is 5.80. The Morgan fingerprint density at radius 2 is 2.11 bits per heavy atom. The van der Waals surface area contributed by atoms with Crippen LogP contribution >= 0.6 is 0 Å². The summed E-state index contributed by atoms with van der Waals surface area (Å²) in [6.07, 6.45) is 2.45. The van der Waals surface area contributed by atoms with Crippen LogP contribution in [0, 0.1) is 5.92 Å². The third kappa shape index (κ3) is 1.66. The van der Waals surface area contributed by atoms with E-state index in [0.29, 0.717) is 5.92 Å². The van der Waals surface area contributed by atoms with Gasteiger partial charge in [-0.1, -0.05) is 6.92 Å². The fraction of sp³-hybridized carbons (Fsp3) is 1.00. The second-order valence-electron chi connectivity index (χ2n) is 3.05. The lowest BCUT2D eigenvalue weighted by Crippen LogP contribution is -2.30. The van der Waals surface area contributed by atoms with Crippen molar-refractivity contribution in [3.05, 3.63) is 0 Å². The molecule has 0 aromatic heterocycles. The summed E-state index contributed by atoms with van der Waals surface area (Å²) in [6, 6.07) is 0.0865. The maximum atomic E-state index is 9.21. The number of rotatable bonds is 0. The van der Waals surface area contributed by atoms with Crippen LogP contribution in [0.4, 0.5) is 0 Å². The molecule has 9 heavy (non-hydrogen) atoms. The molecule has 0 saturated heterocycles. The summed E-state index contributed by atoms with van der Waals surface area (Å²) < 4.78 is 0.